The van der Waals surface area contributed by atoms with Crippen LogP contribution in [0, 0.1) is 0 Å². The van der Waals surface area contributed by atoms with Crippen molar-refractivity contribution in [2.75, 3.05) is 21.3 Å². The number of ether oxygens (including phenoxy) is 3. The van der Waals surface area contributed by atoms with Crippen molar-refractivity contribution in [3.63, 3.8) is 0 Å². The summed E-state index contributed by atoms with van der Waals surface area (Å²) in [5, 5.41) is 0. The summed E-state index contributed by atoms with van der Waals surface area (Å²) in [7, 11) is 0.261. The molecule has 1 heterocycles. The fourth-order valence-corrected chi connectivity index (χ4v) is 4.97. The standard InChI is InChI=1S/C18H18N2O6S2/c1-24-13-9-10-14(25-2)17-16(13)20(11-15(21)26-3)18(27-17)19-28(22,23)12-7-5-4-6-8-12/h4-10H,11H2,1-3H3. The largest absolute Gasteiger partial charge is 0.495 e. The Balaban J connectivity index is 2.35. The van der Waals surface area contributed by atoms with Crippen molar-refractivity contribution in [1.29, 1.82) is 0 Å². The van der Waals surface area contributed by atoms with Crippen LogP contribution in [-0.2, 0) is 26.1 Å². The third-order valence-corrected chi connectivity index (χ3v) is 6.44. The van der Waals surface area contributed by atoms with Crippen molar-refractivity contribution in [3.8, 4) is 11.5 Å². The van der Waals surface area contributed by atoms with Crippen LogP contribution in [0.25, 0.3) is 10.2 Å². The zero-order chi connectivity index (χ0) is 20.3. The van der Waals surface area contributed by atoms with Gasteiger partial charge in [-0.05, 0) is 24.3 Å². The number of aromatic nitrogens is 1. The van der Waals surface area contributed by atoms with E-state index in [1.807, 2.05) is 0 Å². The summed E-state index contributed by atoms with van der Waals surface area (Å²) >= 11 is 1.08. The monoisotopic (exact) mass is 422 g/mol. The number of hydrogen-bond acceptors (Lipinski definition) is 7. The number of thiazole rings is 1. The summed E-state index contributed by atoms with van der Waals surface area (Å²) < 4.78 is 47.0. The van der Waals surface area contributed by atoms with Gasteiger partial charge in [-0.25, -0.2) is 0 Å². The van der Waals surface area contributed by atoms with E-state index in [4.69, 9.17) is 14.2 Å². The van der Waals surface area contributed by atoms with Gasteiger partial charge in [0.15, 0.2) is 0 Å². The molecule has 28 heavy (non-hydrogen) atoms. The molecule has 3 aromatic rings. The van der Waals surface area contributed by atoms with Crippen LogP contribution < -0.4 is 14.3 Å². The zero-order valence-electron chi connectivity index (χ0n) is 15.4. The minimum Gasteiger partial charge on any atom is -0.495 e. The summed E-state index contributed by atoms with van der Waals surface area (Å²) in [6, 6.07) is 11.2. The fraction of sp³-hybridized carbons (Fsp3) is 0.222. The van der Waals surface area contributed by atoms with Gasteiger partial charge in [-0.2, -0.15) is 8.42 Å². The average molecular weight is 422 g/mol. The maximum atomic E-state index is 12.7. The third kappa shape index (κ3) is 3.73. The predicted molar refractivity (Wildman–Crippen MR) is 104 cm³/mol. The molecule has 0 N–H and O–H groups in total. The molecule has 0 aliphatic rings. The normalized spacial score (nSPS) is 12.2. The van der Waals surface area contributed by atoms with Crippen LogP contribution >= 0.6 is 11.3 Å². The first kappa shape index (κ1) is 19.9. The second-order valence-electron chi connectivity index (χ2n) is 5.57. The van der Waals surface area contributed by atoms with E-state index in [0.29, 0.717) is 21.7 Å². The van der Waals surface area contributed by atoms with Crippen LogP contribution in [-0.4, -0.2) is 40.3 Å². The maximum Gasteiger partial charge on any atom is 0.325 e. The molecular formula is C18H18N2O6S2. The van der Waals surface area contributed by atoms with Gasteiger partial charge < -0.3 is 18.8 Å². The molecule has 1 aromatic heterocycles. The molecule has 10 heteroatoms. The summed E-state index contributed by atoms with van der Waals surface area (Å²) in [6.07, 6.45) is 0. The number of carbonyl (C=O) groups excluding carboxylic acids is 1. The second kappa shape index (κ2) is 8.03. The predicted octanol–water partition coefficient (Wildman–Crippen LogP) is 2.18. The highest BCUT2D eigenvalue weighted by Crippen LogP contribution is 2.35. The van der Waals surface area contributed by atoms with Crippen molar-refractivity contribution in [3.05, 3.63) is 47.3 Å². The van der Waals surface area contributed by atoms with Crippen molar-refractivity contribution in [2.24, 2.45) is 4.40 Å². The Morgan fingerprint density at radius 3 is 2.29 bits per heavy atom. The number of nitrogens with zero attached hydrogens (tertiary/aromatic N) is 2. The lowest BCUT2D eigenvalue weighted by Gasteiger charge is -2.09. The lowest BCUT2D eigenvalue weighted by molar-refractivity contribution is -0.141. The molecule has 0 bridgehead atoms. The quantitative estimate of drug-likeness (QED) is 0.565. The first-order chi connectivity index (χ1) is 13.4. The van der Waals surface area contributed by atoms with E-state index >= 15 is 0 Å². The fourth-order valence-electron chi connectivity index (χ4n) is 2.61. The number of sulfonamides is 1. The Labute approximate surface area is 165 Å². The molecular weight excluding hydrogens is 404 g/mol. The van der Waals surface area contributed by atoms with E-state index in [2.05, 4.69) is 4.40 Å². The maximum absolute atomic E-state index is 12.7. The van der Waals surface area contributed by atoms with E-state index in [1.165, 1.54) is 38.0 Å². The highest BCUT2D eigenvalue weighted by molar-refractivity contribution is 7.90. The van der Waals surface area contributed by atoms with E-state index in [9.17, 15) is 13.2 Å². The van der Waals surface area contributed by atoms with E-state index in [-0.39, 0.29) is 16.2 Å². The van der Waals surface area contributed by atoms with Gasteiger partial charge in [-0.3, -0.25) is 4.79 Å². The number of carbonyl (C=O) groups is 1. The molecule has 0 aliphatic heterocycles. The molecule has 0 saturated heterocycles. The highest BCUT2D eigenvalue weighted by atomic mass is 32.2. The van der Waals surface area contributed by atoms with E-state index in [1.54, 1.807) is 30.3 Å². The molecule has 0 spiro atoms. The van der Waals surface area contributed by atoms with Crippen molar-refractivity contribution in [1.82, 2.24) is 4.57 Å². The molecule has 0 atom stereocenters. The second-order valence-corrected chi connectivity index (χ2v) is 8.16. The molecule has 148 valence electrons. The Morgan fingerprint density at radius 1 is 1.04 bits per heavy atom. The van der Waals surface area contributed by atoms with Crippen molar-refractivity contribution in [2.45, 2.75) is 11.4 Å². The number of methoxy groups -OCH3 is 3. The minimum absolute atomic E-state index is 0.0519. The highest BCUT2D eigenvalue weighted by Gasteiger charge is 2.20. The number of rotatable bonds is 6. The molecule has 0 radical (unpaired) electrons. The molecule has 0 unspecified atom stereocenters. The van der Waals surface area contributed by atoms with Crippen LogP contribution in [0.2, 0.25) is 0 Å². The Hall–Kier alpha value is -2.85. The SMILES string of the molecule is COC(=O)Cn1c(=NS(=O)(=O)c2ccccc2)sc2c(OC)ccc(OC)c21. The smallest absolute Gasteiger partial charge is 0.325 e. The van der Waals surface area contributed by atoms with Gasteiger partial charge in [0.2, 0.25) is 4.80 Å². The third-order valence-electron chi connectivity index (χ3n) is 3.95. The number of hydrogen-bond donors (Lipinski definition) is 0. The summed E-state index contributed by atoms with van der Waals surface area (Å²) in [6.45, 7) is -0.233. The van der Waals surface area contributed by atoms with Crippen LogP contribution in [0.15, 0.2) is 51.8 Å². The average Bonchev–Trinajstić information content (AvgIpc) is 3.05. The molecule has 0 aliphatic carbocycles. The molecule has 2 aromatic carbocycles. The summed E-state index contributed by atoms with van der Waals surface area (Å²) in [5.41, 5.74) is 0.499. The van der Waals surface area contributed by atoms with Gasteiger partial charge in [-0.1, -0.05) is 29.5 Å². The molecule has 0 saturated carbocycles. The van der Waals surface area contributed by atoms with Gasteiger partial charge in [0.05, 0.1) is 26.2 Å². The first-order valence-corrected chi connectivity index (χ1v) is 10.3. The Bertz CT molecular complexity index is 1180. The van der Waals surface area contributed by atoms with E-state index in [0.717, 1.165) is 11.3 Å². The lowest BCUT2D eigenvalue weighted by atomic mass is 10.3. The molecule has 0 fully saturated rings. The van der Waals surface area contributed by atoms with Crippen molar-refractivity contribution >= 4 is 37.5 Å². The van der Waals surface area contributed by atoms with Crippen LogP contribution in [0.5, 0.6) is 11.5 Å². The first-order valence-electron chi connectivity index (χ1n) is 8.08. The summed E-state index contributed by atoms with van der Waals surface area (Å²) in [4.78, 5) is 12.1. The topological polar surface area (TPSA) is 96.2 Å². The molecule has 8 nitrogen and oxygen atoms in total. The van der Waals surface area contributed by atoms with Crippen LogP contribution in [0.1, 0.15) is 0 Å². The van der Waals surface area contributed by atoms with E-state index < -0.39 is 16.0 Å². The zero-order valence-corrected chi connectivity index (χ0v) is 17.0. The molecule has 3 rings (SSSR count). The number of esters is 1. The lowest BCUT2D eigenvalue weighted by Crippen LogP contribution is -2.22. The molecule has 0 amide bonds. The van der Waals surface area contributed by atoms with Crippen LogP contribution in [0.3, 0.4) is 0 Å². The van der Waals surface area contributed by atoms with Gasteiger partial charge in [0.25, 0.3) is 10.0 Å². The number of fused-ring (bicyclic) bond motifs is 1. The minimum atomic E-state index is -3.98. The van der Waals surface area contributed by atoms with Crippen molar-refractivity contribution < 1.29 is 27.4 Å². The summed E-state index contributed by atoms with van der Waals surface area (Å²) in [5.74, 6) is 0.413. The Morgan fingerprint density at radius 2 is 1.68 bits per heavy atom. The van der Waals surface area contributed by atoms with Gasteiger partial charge in [0.1, 0.15) is 28.3 Å². The van der Waals surface area contributed by atoms with Gasteiger partial charge in [0, 0.05) is 0 Å². The van der Waals surface area contributed by atoms with Gasteiger partial charge in [-0.15, -0.1) is 4.40 Å². The Kier molecular flexibility index (Phi) is 5.71. The number of benzene rings is 2. The van der Waals surface area contributed by atoms with Gasteiger partial charge >= 0.3 is 5.97 Å². The van der Waals surface area contributed by atoms with Crippen LogP contribution in [0.4, 0.5) is 0 Å².